The summed E-state index contributed by atoms with van der Waals surface area (Å²) in [5.74, 6) is -0.350. The summed E-state index contributed by atoms with van der Waals surface area (Å²) in [6, 6.07) is 4.70. The maximum Gasteiger partial charge on any atom is 0.139 e. The summed E-state index contributed by atoms with van der Waals surface area (Å²) < 4.78 is 15.2. The molecule has 1 N–H and O–H groups in total. The zero-order valence-corrected chi connectivity index (χ0v) is 9.85. The van der Waals surface area contributed by atoms with Gasteiger partial charge in [-0.3, -0.25) is 0 Å². The smallest absolute Gasteiger partial charge is 0.139 e. The third-order valence-corrected chi connectivity index (χ3v) is 2.72. The molecule has 6 heteroatoms. The van der Waals surface area contributed by atoms with Crippen molar-refractivity contribution in [1.82, 2.24) is 15.0 Å². The number of aliphatic hydroxyl groups is 1. The van der Waals surface area contributed by atoms with Crippen molar-refractivity contribution in [2.75, 3.05) is 6.61 Å². The molecule has 1 aromatic carbocycles. The number of hydrogen-bond acceptors (Lipinski definition) is 3. The molecule has 0 aliphatic rings. The van der Waals surface area contributed by atoms with Crippen LogP contribution in [-0.2, 0) is 6.42 Å². The summed E-state index contributed by atoms with van der Waals surface area (Å²) in [5, 5.41) is 16.4. The Kier molecular flexibility index (Phi) is 3.31. The van der Waals surface area contributed by atoms with E-state index in [1.807, 2.05) is 0 Å². The van der Waals surface area contributed by atoms with Crippen molar-refractivity contribution in [1.29, 1.82) is 0 Å². The number of aliphatic hydroxyl groups excluding tert-OH is 1. The van der Waals surface area contributed by atoms with Gasteiger partial charge in [-0.05, 0) is 28.1 Å². The summed E-state index contributed by atoms with van der Waals surface area (Å²) in [5.41, 5.74) is 1.27. The standard InChI is InChI=1S/C10H9BrFN3O/c11-9-2-1-8(5-10(9)12)15-6-7(3-4-16)13-14-15/h1-2,5-6,16H,3-4H2. The summed E-state index contributed by atoms with van der Waals surface area (Å²) in [4.78, 5) is 0. The fourth-order valence-corrected chi connectivity index (χ4v) is 1.53. The molecule has 2 rings (SSSR count). The molecule has 0 unspecified atom stereocenters. The lowest BCUT2D eigenvalue weighted by Gasteiger charge is -2.00. The van der Waals surface area contributed by atoms with Gasteiger partial charge in [-0.25, -0.2) is 9.07 Å². The SMILES string of the molecule is OCCc1cn(-c2ccc(Br)c(F)c2)nn1. The van der Waals surface area contributed by atoms with Crippen molar-refractivity contribution in [2.45, 2.75) is 6.42 Å². The van der Waals surface area contributed by atoms with E-state index in [4.69, 9.17) is 5.11 Å². The molecule has 0 spiro atoms. The van der Waals surface area contributed by atoms with Crippen molar-refractivity contribution in [3.8, 4) is 5.69 Å². The molecule has 1 heterocycles. The average Bonchev–Trinajstić information content (AvgIpc) is 2.71. The first-order valence-electron chi connectivity index (χ1n) is 4.68. The van der Waals surface area contributed by atoms with Crippen LogP contribution in [-0.4, -0.2) is 26.7 Å². The van der Waals surface area contributed by atoms with Gasteiger partial charge in [0.2, 0.25) is 0 Å². The fourth-order valence-electron chi connectivity index (χ4n) is 1.28. The van der Waals surface area contributed by atoms with Gasteiger partial charge in [-0.2, -0.15) is 0 Å². The highest BCUT2D eigenvalue weighted by Crippen LogP contribution is 2.18. The van der Waals surface area contributed by atoms with Gasteiger partial charge in [0.05, 0.1) is 22.1 Å². The topological polar surface area (TPSA) is 50.9 Å². The molecule has 84 valence electrons. The Balaban J connectivity index is 2.31. The molecule has 0 amide bonds. The lowest BCUT2D eigenvalue weighted by atomic mass is 10.3. The van der Waals surface area contributed by atoms with Crippen molar-refractivity contribution in [3.63, 3.8) is 0 Å². The van der Waals surface area contributed by atoms with E-state index in [0.717, 1.165) is 0 Å². The molecule has 4 nitrogen and oxygen atoms in total. The third-order valence-electron chi connectivity index (χ3n) is 2.08. The van der Waals surface area contributed by atoms with Crippen LogP contribution in [0.4, 0.5) is 4.39 Å². The van der Waals surface area contributed by atoms with Crippen LogP contribution in [0.25, 0.3) is 5.69 Å². The van der Waals surface area contributed by atoms with Crippen LogP contribution in [0.5, 0.6) is 0 Å². The molecule has 0 saturated heterocycles. The molecular formula is C10H9BrFN3O. The average molecular weight is 286 g/mol. The van der Waals surface area contributed by atoms with E-state index in [1.165, 1.54) is 10.7 Å². The predicted molar refractivity (Wildman–Crippen MR) is 59.8 cm³/mol. The number of rotatable bonds is 3. The molecule has 2 aromatic rings. The molecule has 0 bridgehead atoms. The Morgan fingerprint density at radius 1 is 1.44 bits per heavy atom. The molecule has 0 fully saturated rings. The van der Waals surface area contributed by atoms with Crippen LogP contribution in [0.2, 0.25) is 0 Å². The van der Waals surface area contributed by atoms with E-state index < -0.39 is 0 Å². The zero-order valence-electron chi connectivity index (χ0n) is 8.27. The highest BCUT2D eigenvalue weighted by Gasteiger charge is 2.05. The Labute approximate surface area is 99.8 Å². The highest BCUT2D eigenvalue weighted by atomic mass is 79.9. The van der Waals surface area contributed by atoms with Gasteiger partial charge < -0.3 is 5.11 Å². The molecule has 0 radical (unpaired) electrons. The van der Waals surface area contributed by atoms with Crippen LogP contribution in [0, 0.1) is 5.82 Å². The molecule has 0 atom stereocenters. The van der Waals surface area contributed by atoms with E-state index in [0.29, 0.717) is 22.3 Å². The minimum Gasteiger partial charge on any atom is -0.396 e. The van der Waals surface area contributed by atoms with E-state index in [-0.39, 0.29) is 12.4 Å². The maximum atomic E-state index is 13.3. The molecular weight excluding hydrogens is 277 g/mol. The minimum atomic E-state index is -0.350. The Bertz CT molecular complexity index is 501. The molecule has 16 heavy (non-hydrogen) atoms. The van der Waals surface area contributed by atoms with Crippen LogP contribution in [0.3, 0.4) is 0 Å². The predicted octanol–water partition coefficient (Wildman–Crippen LogP) is 1.70. The first-order valence-corrected chi connectivity index (χ1v) is 5.47. The van der Waals surface area contributed by atoms with Gasteiger partial charge in [-0.15, -0.1) is 5.10 Å². The van der Waals surface area contributed by atoms with Crippen LogP contribution < -0.4 is 0 Å². The summed E-state index contributed by atoms with van der Waals surface area (Å²) in [6.45, 7) is 0.0212. The second kappa shape index (κ2) is 4.71. The van der Waals surface area contributed by atoms with Gasteiger partial charge in [0.1, 0.15) is 5.82 Å². The van der Waals surface area contributed by atoms with Gasteiger partial charge in [0.25, 0.3) is 0 Å². The van der Waals surface area contributed by atoms with Gasteiger partial charge in [-0.1, -0.05) is 5.21 Å². The van der Waals surface area contributed by atoms with Crippen molar-refractivity contribution in [3.05, 3.63) is 40.4 Å². The van der Waals surface area contributed by atoms with Crippen LogP contribution in [0.1, 0.15) is 5.69 Å². The van der Waals surface area contributed by atoms with E-state index >= 15 is 0 Å². The number of nitrogens with zero attached hydrogens (tertiary/aromatic N) is 3. The van der Waals surface area contributed by atoms with E-state index in [1.54, 1.807) is 18.3 Å². The quantitative estimate of drug-likeness (QED) is 0.934. The molecule has 0 aliphatic heterocycles. The first kappa shape index (κ1) is 11.2. The van der Waals surface area contributed by atoms with Crippen molar-refractivity contribution < 1.29 is 9.50 Å². The van der Waals surface area contributed by atoms with E-state index in [9.17, 15) is 4.39 Å². The van der Waals surface area contributed by atoms with Crippen LogP contribution in [0.15, 0.2) is 28.9 Å². The first-order chi connectivity index (χ1) is 7.70. The second-order valence-corrected chi connectivity index (χ2v) is 4.08. The van der Waals surface area contributed by atoms with Gasteiger partial charge in [0.15, 0.2) is 0 Å². The number of benzene rings is 1. The van der Waals surface area contributed by atoms with E-state index in [2.05, 4.69) is 26.2 Å². The van der Waals surface area contributed by atoms with Crippen molar-refractivity contribution >= 4 is 15.9 Å². The van der Waals surface area contributed by atoms with Crippen molar-refractivity contribution in [2.24, 2.45) is 0 Å². The fraction of sp³-hybridized carbons (Fsp3) is 0.200. The van der Waals surface area contributed by atoms with Crippen LogP contribution >= 0.6 is 15.9 Å². The number of halogens is 2. The minimum absolute atomic E-state index is 0.0212. The summed E-state index contributed by atoms with van der Waals surface area (Å²) >= 11 is 3.08. The number of hydrogen-bond donors (Lipinski definition) is 1. The molecule has 0 saturated carbocycles. The Hall–Kier alpha value is -1.27. The highest BCUT2D eigenvalue weighted by molar-refractivity contribution is 9.10. The molecule has 1 aromatic heterocycles. The summed E-state index contributed by atoms with van der Waals surface area (Å²) in [6.07, 6.45) is 2.11. The lowest BCUT2D eigenvalue weighted by molar-refractivity contribution is 0.298. The third kappa shape index (κ3) is 2.28. The normalized spacial score (nSPS) is 10.7. The Morgan fingerprint density at radius 3 is 2.94 bits per heavy atom. The van der Waals surface area contributed by atoms with Gasteiger partial charge >= 0.3 is 0 Å². The number of aromatic nitrogens is 3. The Morgan fingerprint density at radius 2 is 2.25 bits per heavy atom. The molecule has 0 aliphatic carbocycles. The largest absolute Gasteiger partial charge is 0.396 e. The monoisotopic (exact) mass is 285 g/mol. The maximum absolute atomic E-state index is 13.3. The lowest BCUT2D eigenvalue weighted by Crippen LogP contribution is -1.95. The second-order valence-electron chi connectivity index (χ2n) is 3.23. The summed E-state index contributed by atoms with van der Waals surface area (Å²) in [7, 11) is 0. The zero-order chi connectivity index (χ0) is 11.5. The van der Waals surface area contributed by atoms with Gasteiger partial charge in [0, 0.05) is 19.1 Å².